The number of pyridine rings is 1. The first kappa shape index (κ1) is 15.4. The van der Waals surface area contributed by atoms with Crippen molar-refractivity contribution >= 4 is 5.65 Å². The number of benzene rings is 1. The maximum atomic E-state index is 4.55. The summed E-state index contributed by atoms with van der Waals surface area (Å²) in [6.45, 7) is 6.31. The fourth-order valence-electron chi connectivity index (χ4n) is 3.57. The molecule has 4 nitrogen and oxygen atoms in total. The monoisotopic (exact) mass is 320 g/mol. The molecule has 1 fully saturated rings. The molecule has 24 heavy (non-hydrogen) atoms. The van der Waals surface area contributed by atoms with Gasteiger partial charge in [0.25, 0.3) is 0 Å². The molecule has 4 rings (SSSR count). The van der Waals surface area contributed by atoms with Crippen molar-refractivity contribution in [2.75, 3.05) is 13.1 Å². The first-order valence-corrected chi connectivity index (χ1v) is 8.71. The van der Waals surface area contributed by atoms with E-state index in [1.54, 1.807) is 0 Å². The fourth-order valence-corrected chi connectivity index (χ4v) is 3.57. The molecule has 2 aromatic heterocycles. The Morgan fingerprint density at radius 1 is 1.17 bits per heavy atom. The fraction of sp³-hybridized carbons (Fsp3) is 0.350. The largest absolute Gasteiger partial charge is 0.307 e. The molecule has 1 aliphatic heterocycles. The maximum absolute atomic E-state index is 4.55. The van der Waals surface area contributed by atoms with E-state index < -0.39 is 0 Å². The highest BCUT2D eigenvalue weighted by molar-refractivity contribution is 5.48. The Morgan fingerprint density at radius 2 is 2.04 bits per heavy atom. The van der Waals surface area contributed by atoms with Gasteiger partial charge in [0.1, 0.15) is 5.65 Å². The number of likely N-dealkylation sites (tertiary alicyclic amines) is 1. The van der Waals surface area contributed by atoms with Gasteiger partial charge in [-0.15, -0.1) is 0 Å². The molecule has 1 saturated heterocycles. The zero-order valence-corrected chi connectivity index (χ0v) is 14.2. The number of hydrogen-bond donors (Lipinski definition) is 1. The lowest BCUT2D eigenvalue weighted by molar-refractivity contribution is 0.319. The first-order chi connectivity index (χ1) is 11.8. The van der Waals surface area contributed by atoms with Crippen molar-refractivity contribution < 1.29 is 0 Å². The van der Waals surface area contributed by atoms with E-state index in [9.17, 15) is 0 Å². The van der Waals surface area contributed by atoms with Gasteiger partial charge in [-0.3, -0.25) is 4.90 Å². The van der Waals surface area contributed by atoms with Crippen LogP contribution in [0.3, 0.4) is 0 Å². The highest BCUT2D eigenvalue weighted by Gasteiger charge is 2.22. The maximum Gasteiger partial charge on any atom is 0.139 e. The number of aryl methyl sites for hydroxylation is 1. The quantitative estimate of drug-likeness (QED) is 0.784. The van der Waals surface area contributed by atoms with Crippen molar-refractivity contribution in [3.8, 4) is 0 Å². The molecule has 0 spiro atoms. The Hall–Kier alpha value is -2.17. The Balaban J connectivity index is 1.34. The predicted octanol–water partition coefficient (Wildman–Crippen LogP) is 3.01. The van der Waals surface area contributed by atoms with Crippen LogP contribution in [0.5, 0.6) is 0 Å². The van der Waals surface area contributed by atoms with E-state index in [0.717, 1.165) is 25.3 Å². The molecule has 1 aromatic carbocycles. The van der Waals surface area contributed by atoms with Crippen LogP contribution in [-0.4, -0.2) is 33.4 Å². The lowest BCUT2D eigenvalue weighted by Crippen LogP contribution is -2.32. The normalized spacial score (nSPS) is 18.5. The van der Waals surface area contributed by atoms with Gasteiger partial charge in [-0.2, -0.15) is 0 Å². The van der Waals surface area contributed by atoms with Crippen molar-refractivity contribution in [2.24, 2.45) is 0 Å². The van der Waals surface area contributed by atoms with Gasteiger partial charge < -0.3 is 9.72 Å². The first-order valence-electron chi connectivity index (χ1n) is 8.71. The van der Waals surface area contributed by atoms with Gasteiger partial charge in [-0.05, 0) is 30.5 Å². The Morgan fingerprint density at radius 3 is 2.92 bits per heavy atom. The summed E-state index contributed by atoms with van der Waals surface area (Å²) in [5, 5.41) is 3.71. The van der Waals surface area contributed by atoms with Crippen LogP contribution >= 0.6 is 0 Å². The summed E-state index contributed by atoms with van der Waals surface area (Å²) in [7, 11) is 0. The summed E-state index contributed by atoms with van der Waals surface area (Å²) in [4.78, 5) is 7.08. The van der Waals surface area contributed by atoms with E-state index in [1.165, 1.54) is 29.8 Å². The molecule has 124 valence electrons. The van der Waals surface area contributed by atoms with Crippen molar-refractivity contribution in [3.05, 3.63) is 71.7 Å². The number of nitrogens with one attached hydrogen (secondary N) is 1. The van der Waals surface area contributed by atoms with Crippen molar-refractivity contribution in [2.45, 2.75) is 32.5 Å². The standard InChI is InChI=1S/C20H24N4/c1-16-6-5-10-24-19(13-22-20(16)24)12-21-18-9-11-23(15-18)14-17-7-3-2-4-8-17/h2-8,10,13,18,21H,9,11-12,14-15H2,1H3/t18-/m1/s1. The summed E-state index contributed by atoms with van der Waals surface area (Å²) in [5.41, 5.74) is 4.91. The zero-order valence-electron chi connectivity index (χ0n) is 14.2. The number of nitrogens with zero attached hydrogens (tertiary/aromatic N) is 3. The number of fused-ring (bicyclic) bond motifs is 1. The topological polar surface area (TPSA) is 32.6 Å². The van der Waals surface area contributed by atoms with Gasteiger partial charge in [0.2, 0.25) is 0 Å². The number of hydrogen-bond acceptors (Lipinski definition) is 3. The predicted molar refractivity (Wildman–Crippen MR) is 96.9 cm³/mol. The smallest absolute Gasteiger partial charge is 0.139 e. The molecule has 0 saturated carbocycles. The molecule has 0 aliphatic carbocycles. The third kappa shape index (κ3) is 3.21. The molecule has 1 N–H and O–H groups in total. The molecule has 4 heteroatoms. The number of imidazole rings is 1. The van der Waals surface area contributed by atoms with Crippen LogP contribution in [0.1, 0.15) is 23.2 Å². The molecule has 1 aliphatic rings. The molecular weight excluding hydrogens is 296 g/mol. The van der Waals surface area contributed by atoms with Crippen LogP contribution in [-0.2, 0) is 13.1 Å². The second-order valence-corrected chi connectivity index (χ2v) is 6.72. The van der Waals surface area contributed by atoms with Gasteiger partial charge in [-0.25, -0.2) is 4.98 Å². The third-order valence-corrected chi connectivity index (χ3v) is 4.90. The van der Waals surface area contributed by atoms with Crippen LogP contribution in [0.4, 0.5) is 0 Å². The van der Waals surface area contributed by atoms with Crippen LogP contribution in [0.25, 0.3) is 5.65 Å². The van der Waals surface area contributed by atoms with E-state index in [-0.39, 0.29) is 0 Å². The van der Waals surface area contributed by atoms with Crippen molar-refractivity contribution in [1.82, 2.24) is 19.6 Å². The SMILES string of the molecule is Cc1cccn2c(CN[C@@H]3CCN(Cc4ccccc4)C3)cnc12. The average molecular weight is 320 g/mol. The summed E-state index contributed by atoms with van der Waals surface area (Å²) >= 11 is 0. The van der Waals surface area contributed by atoms with E-state index >= 15 is 0 Å². The van der Waals surface area contributed by atoms with Gasteiger partial charge in [0.15, 0.2) is 0 Å². The van der Waals surface area contributed by atoms with E-state index in [4.69, 9.17) is 0 Å². The lowest BCUT2D eigenvalue weighted by atomic mass is 10.2. The van der Waals surface area contributed by atoms with Crippen molar-refractivity contribution in [1.29, 1.82) is 0 Å². The molecular formula is C20H24N4. The molecule has 0 radical (unpaired) electrons. The second-order valence-electron chi connectivity index (χ2n) is 6.72. The van der Waals surface area contributed by atoms with Gasteiger partial charge in [0.05, 0.1) is 11.9 Å². The third-order valence-electron chi connectivity index (χ3n) is 4.90. The highest BCUT2D eigenvalue weighted by Crippen LogP contribution is 2.15. The molecule has 3 aromatic rings. The molecule has 0 unspecified atom stereocenters. The second kappa shape index (κ2) is 6.75. The Bertz CT molecular complexity index is 809. The molecule has 3 heterocycles. The van der Waals surface area contributed by atoms with Gasteiger partial charge >= 0.3 is 0 Å². The minimum absolute atomic E-state index is 0.559. The summed E-state index contributed by atoms with van der Waals surface area (Å²) in [6.07, 6.45) is 5.30. The Kier molecular flexibility index (Phi) is 4.32. The summed E-state index contributed by atoms with van der Waals surface area (Å²) in [5.74, 6) is 0. The summed E-state index contributed by atoms with van der Waals surface area (Å²) < 4.78 is 2.19. The van der Waals surface area contributed by atoms with E-state index in [0.29, 0.717) is 6.04 Å². The van der Waals surface area contributed by atoms with E-state index in [2.05, 4.69) is 75.2 Å². The minimum atomic E-state index is 0.559. The average Bonchev–Trinajstić information content (AvgIpc) is 3.21. The van der Waals surface area contributed by atoms with Gasteiger partial charge in [-0.1, -0.05) is 36.4 Å². The molecule has 0 bridgehead atoms. The number of aromatic nitrogens is 2. The lowest BCUT2D eigenvalue weighted by Gasteiger charge is -2.16. The van der Waals surface area contributed by atoms with Crippen LogP contribution in [0.2, 0.25) is 0 Å². The van der Waals surface area contributed by atoms with Crippen LogP contribution in [0, 0.1) is 6.92 Å². The van der Waals surface area contributed by atoms with E-state index in [1.807, 2.05) is 6.20 Å². The summed E-state index contributed by atoms with van der Waals surface area (Å²) in [6, 6.07) is 15.5. The molecule has 0 amide bonds. The van der Waals surface area contributed by atoms with Crippen molar-refractivity contribution in [3.63, 3.8) is 0 Å². The Labute approximate surface area is 143 Å². The van der Waals surface area contributed by atoms with Crippen LogP contribution < -0.4 is 5.32 Å². The minimum Gasteiger partial charge on any atom is -0.307 e. The zero-order chi connectivity index (χ0) is 16.4. The molecule has 1 atom stereocenters. The van der Waals surface area contributed by atoms with Crippen LogP contribution in [0.15, 0.2) is 54.9 Å². The number of rotatable bonds is 5. The highest BCUT2D eigenvalue weighted by atomic mass is 15.2. The van der Waals surface area contributed by atoms with Gasteiger partial charge in [0, 0.05) is 38.4 Å².